The first-order chi connectivity index (χ1) is 14.0. The van der Waals surface area contributed by atoms with Crippen molar-refractivity contribution in [2.45, 2.75) is 38.5 Å². The number of ether oxygens (including phenoxy) is 1. The summed E-state index contributed by atoms with van der Waals surface area (Å²) < 4.78 is 6.63. The summed E-state index contributed by atoms with van der Waals surface area (Å²) in [7, 11) is 0. The van der Waals surface area contributed by atoms with Gasteiger partial charge in [-0.25, -0.2) is 0 Å². The Morgan fingerprint density at radius 3 is 2.40 bits per heavy atom. The molecule has 0 bridgehead atoms. The number of carboxylic acids is 1. The van der Waals surface area contributed by atoms with E-state index in [1.807, 2.05) is 24.3 Å². The number of aliphatic carboxylic acids is 1. The molecular formula is C23H23BrNNaO4. The number of halogens is 1. The van der Waals surface area contributed by atoms with Gasteiger partial charge in [0.25, 0.3) is 0 Å². The smallest absolute Gasteiger partial charge is 0.543 e. The molecule has 1 aliphatic carbocycles. The molecule has 0 unspecified atom stereocenters. The molecule has 30 heavy (non-hydrogen) atoms. The van der Waals surface area contributed by atoms with Gasteiger partial charge in [0, 0.05) is 6.42 Å². The maximum Gasteiger partial charge on any atom is 1.00 e. The number of para-hydroxylation sites is 1. The maximum absolute atomic E-state index is 12.1. The Hall–Kier alpha value is -1.60. The zero-order valence-electron chi connectivity index (χ0n) is 17.0. The van der Waals surface area contributed by atoms with Crippen LogP contribution in [0.2, 0.25) is 0 Å². The molecule has 1 aliphatic rings. The molecule has 0 aliphatic heterocycles. The van der Waals surface area contributed by atoms with Gasteiger partial charge in [-0.3, -0.25) is 4.79 Å². The summed E-state index contributed by atoms with van der Waals surface area (Å²) in [5, 5.41) is 13.9. The first-order valence-electron chi connectivity index (χ1n) is 9.76. The van der Waals surface area contributed by atoms with Gasteiger partial charge in [-0.15, -0.1) is 0 Å². The van der Waals surface area contributed by atoms with Crippen LogP contribution in [0.15, 0.2) is 58.7 Å². The molecule has 0 heterocycles. The molecule has 0 spiro atoms. The van der Waals surface area contributed by atoms with Gasteiger partial charge in [-0.05, 0) is 64.2 Å². The van der Waals surface area contributed by atoms with Crippen LogP contribution < -0.4 is 44.7 Å². The minimum Gasteiger partial charge on any atom is -0.543 e. The van der Waals surface area contributed by atoms with E-state index in [4.69, 9.17) is 4.74 Å². The Balaban J connectivity index is 0.00000320. The van der Waals surface area contributed by atoms with Gasteiger partial charge < -0.3 is 20.0 Å². The number of hydrogen-bond donors (Lipinski definition) is 1. The fourth-order valence-electron chi connectivity index (χ4n) is 3.45. The van der Waals surface area contributed by atoms with E-state index in [9.17, 15) is 14.7 Å². The first-order valence-corrected chi connectivity index (χ1v) is 10.6. The van der Waals surface area contributed by atoms with Crippen LogP contribution in [0, 0.1) is 5.92 Å². The van der Waals surface area contributed by atoms with Gasteiger partial charge in [0.2, 0.25) is 5.91 Å². The van der Waals surface area contributed by atoms with Gasteiger partial charge in [0.15, 0.2) is 0 Å². The molecular weight excluding hydrogens is 457 g/mol. The van der Waals surface area contributed by atoms with Crippen molar-refractivity contribution in [3.05, 3.63) is 64.3 Å². The molecule has 152 valence electrons. The van der Waals surface area contributed by atoms with Gasteiger partial charge in [-0.2, -0.15) is 0 Å². The zero-order chi connectivity index (χ0) is 20.6. The number of nitrogens with one attached hydrogen (secondary N) is 1. The molecule has 2 aromatic carbocycles. The molecule has 1 amide bonds. The summed E-state index contributed by atoms with van der Waals surface area (Å²) in [6.45, 7) is 0. The van der Waals surface area contributed by atoms with E-state index >= 15 is 0 Å². The monoisotopic (exact) mass is 479 g/mol. The predicted molar refractivity (Wildman–Crippen MR) is 113 cm³/mol. The van der Waals surface area contributed by atoms with Crippen LogP contribution in [-0.4, -0.2) is 11.9 Å². The van der Waals surface area contributed by atoms with Crippen molar-refractivity contribution in [3.63, 3.8) is 0 Å². The van der Waals surface area contributed by atoms with Crippen molar-refractivity contribution < 1.29 is 49.0 Å². The third-order valence-corrected chi connectivity index (χ3v) is 5.66. The number of carbonyl (C=O) groups is 2. The van der Waals surface area contributed by atoms with E-state index in [0.717, 1.165) is 23.7 Å². The Kier molecular flexibility index (Phi) is 10.1. The van der Waals surface area contributed by atoms with E-state index in [0.29, 0.717) is 29.4 Å². The van der Waals surface area contributed by atoms with Crippen LogP contribution in [-0.2, 0) is 9.59 Å². The van der Waals surface area contributed by atoms with E-state index in [1.54, 1.807) is 24.3 Å². The van der Waals surface area contributed by atoms with Gasteiger partial charge in [0.1, 0.15) is 11.5 Å². The summed E-state index contributed by atoms with van der Waals surface area (Å²) in [5.74, 6) is 0.174. The van der Waals surface area contributed by atoms with E-state index < -0.39 is 5.97 Å². The Morgan fingerprint density at radius 2 is 1.77 bits per heavy atom. The molecule has 2 aromatic rings. The number of carbonyl (C=O) groups excluding carboxylic acids is 2. The Bertz CT molecular complexity index is 892. The molecule has 1 N–H and O–H groups in total. The third-order valence-electron chi connectivity index (χ3n) is 5.00. The van der Waals surface area contributed by atoms with Crippen LogP contribution in [0.5, 0.6) is 11.5 Å². The standard InChI is InChI=1S/C23H24BrNO4.Na/c24-19-7-3-4-8-21(19)29-18-12-9-17(10-13-18)15-20(23(27)28)25-22(26)14-11-16-5-1-2-6-16;/h3-4,7-10,12-13,15-16H,1-2,5-6,11,14H2,(H,25,26)(H,27,28);/q;+1/p-1/b20-15-;. The van der Waals surface area contributed by atoms with Gasteiger partial charge >= 0.3 is 29.6 Å². The normalized spacial score (nSPS) is 14.1. The largest absolute Gasteiger partial charge is 1.00 e. The summed E-state index contributed by atoms with van der Waals surface area (Å²) in [5.41, 5.74) is 0.390. The average molecular weight is 480 g/mol. The molecule has 3 rings (SSSR count). The number of amides is 1. The molecule has 1 saturated carbocycles. The molecule has 1 fully saturated rings. The van der Waals surface area contributed by atoms with Crippen molar-refractivity contribution in [1.82, 2.24) is 5.32 Å². The van der Waals surface area contributed by atoms with E-state index in [-0.39, 0.29) is 41.2 Å². The predicted octanol–water partition coefficient (Wildman–Crippen LogP) is 1.42. The van der Waals surface area contributed by atoms with Crippen molar-refractivity contribution in [1.29, 1.82) is 0 Å². The van der Waals surface area contributed by atoms with E-state index in [2.05, 4.69) is 21.2 Å². The Morgan fingerprint density at radius 1 is 1.10 bits per heavy atom. The fourth-order valence-corrected chi connectivity index (χ4v) is 3.81. The maximum atomic E-state index is 12.1. The third kappa shape index (κ3) is 7.58. The van der Waals surface area contributed by atoms with Crippen molar-refractivity contribution in [3.8, 4) is 11.5 Å². The quantitative estimate of drug-likeness (QED) is 0.458. The number of benzene rings is 2. The molecule has 0 saturated heterocycles. The summed E-state index contributed by atoms with van der Waals surface area (Å²) in [4.78, 5) is 23.5. The number of carboxylic acid groups (broad SMARTS) is 1. The van der Waals surface area contributed by atoms with Crippen molar-refractivity contribution in [2.75, 3.05) is 0 Å². The molecule has 0 atom stereocenters. The second-order valence-electron chi connectivity index (χ2n) is 7.18. The summed E-state index contributed by atoms with van der Waals surface area (Å²) >= 11 is 3.43. The fraction of sp³-hybridized carbons (Fsp3) is 0.304. The molecule has 5 nitrogen and oxygen atoms in total. The van der Waals surface area contributed by atoms with Crippen LogP contribution in [0.25, 0.3) is 6.08 Å². The second-order valence-corrected chi connectivity index (χ2v) is 8.04. The van der Waals surface area contributed by atoms with Crippen LogP contribution in [0.1, 0.15) is 44.1 Å². The number of rotatable bonds is 8. The Labute approximate surface area is 207 Å². The van der Waals surface area contributed by atoms with Gasteiger partial charge in [0.05, 0.1) is 16.1 Å². The second kappa shape index (κ2) is 12.3. The topological polar surface area (TPSA) is 78.5 Å². The molecule has 7 heteroatoms. The minimum absolute atomic E-state index is 0. The van der Waals surface area contributed by atoms with Crippen molar-refractivity contribution in [2.24, 2.45) is 5.92 Å². The zero-order valence-corrected chi connectivity index (χ0v) is 20.6. The van der Waals surface area contributed by atoms with Gasteiger partial charge in [-0.1, -0.05) is 49.9 Å². The van der Waals surface area contributed by atoms with Crippen molar-refractivity contribution >= 4 is 33.9 Å². The summed E-state index contributed by atoms with van der Waals surface area (Å²) in [6, 6.07) is 14.4. The number of hydrogen-bond acceptors (Lipinski definition) is 4. The minimum atomic E-state index is -1.41. The van der Waals surface area contributed by atoms with Crippen LogP contribution in [0.4, 0.5) is 0 Å². The van der Waals surface area contributed by atoms with E-state index in [1.165, 1.54) is 18.9 Å². The molecule has 0 radical (unpaired) electrons. The summed E-state index contributed by atoms with van der Waals surface area (Å²) in [6.07, 6.45) is 7.27. The molecule has 0 aromatic heterocycles. The SMILES string of the molecule is O=C(CCC1CCCC1)N/C(=C\c1ccc(Oc2ccccc2Br)cc1)C(=O)[O-].[Na+]. The van der Waals surface area contributed by atoms with Crippen LogP contribution >= 0.6 is 15.9 Å². The first kappa shape index (κ1) is 24.7. The van der Waals surface area contributed by atoms with Crippen LogP contribution in [0.3, 0.4) is 0 Å². The average Bonchev–Trinajstić information content (AvgIpc) is 3.23.